The van der Waals surface area contributed by atoms with E-state index in [0.717, 1.165) is 14.8 Å². The average Bonchev–Trinajstić information content (AvgIpc) is 2.97. The average molecular weight is 434 g/mol. The zero-order valence-corrected chi connectivity index (χ0v) is 15.0. The van der Waals surface area contributed by atoms with Crippen molar-refractivity contribution in [1.82, 2.24) is 20.1 Å². The van der Waals surface area contributed by atoms with Gasteiger partial charge in [0.05, 0.1) is 17.9 Å². The second-order valence-corrected chi connectivity index (χ2v) is 6.40. The van der Waals surface area contributed by atoms with Gasteiger partial charge in [-0.2, -0.15) is 5.10 Å². The van der Waals surface area contributed by atoms with Gasteiger partial charge in [-0.3, -0.25) is 9.78 Å². The fourth-order valence-electron chi connectivity index (χ4n) is 2.29. The number of carbonyl (C=O) groups is 1. The van der Waals surface area contributed by atoms with Crippen LogP contribution in [-0.2, 0) is 0 Å². The lowest BCUT2D eigenvalue weighted by atomic mass is 10.1. The summed E-state index contributed by atoms with van der Waals surface area (Å²) in [4.78, 5) is 16.4. The second kappa shape index (κ2) is 7.00. The summed E-state index contributed by atoms with van der Waals surface area (Å²) < 4.78 is 2.47. The van der Waals surface area contributed by atoms with Gasteiger partial charge < -0.3 is 10.4 Å². The number of nitrogens with one attached hydrogen (secondary N) is 1. The van der Waals surface area contributed by atoms with E-state index < -0.39 is 5.91 Å². The molecule has 1 aromatic carbocycles. The quantitative estimate of drug-likeness (QED) is 0.619. The van der Waals surface area contributed by atoms with E-state index in [2.05, 4.69) is 38.0 Å². The number of nitrogens with zero attached hydrogens (tertiary/aromatic N) is 3. The van der Waals surface area contributed by atoms with Crippen molar-refractivity contribution in [3.8, 4) is 11.4 Å². The molecular weight excluding hydrogens is 419 g/mol. The van der Waals surface area contributed by atoms with E-state index in [1.54, 1.807) is 12.4 Å². The Balaban J connectivity index is 1.82. The Kier molecular flexibility index (Phi) is 4.79. The number of carbonyl (C=O) groups excluding carboxylic acids is 1. The van der Waals surface area contributed by atoms with Crippen LogP contribution >= 0.6 is 22.6 Å². The van der Waals surface area contributed by atoms with Gasteiger partial charge >= 0.3 is 0 Å². The van der Waals surface area contributed by atoms with Gasteiger partial charge in [-0.15, -0.1) is 0 Å². The molecule has 24 heavy (non-hydrogen) atoms. The van der Waals surface area contributed by atoms with Crippen LogP contribution in [0, 0.1) is 3.57 Å². The topological polar surface area (TPSA) is 80.0 Å². The van der Waals surface area contributed by atoms with Crippen molar-refractivity contribution in [3.63, 3.8) is 0 Å². The summed E-state index contributed by atoms with van der Waals surface area (Å²) in [5.74, 6) is -0.587. The normalized spacial score (nSPS) is 11.9. The van der Waals surface area contributed by atoms with Gasteiger partial charge in [0, 0.05) is 16.0 Å². The van der Waals surface area contributed by atoms with Crippen molar-refractivity contribution in [2.75, 3.05) is 0 Å². The van der Waals surface area contributed by atoms with E-state index in [-0.39, 0.29) is 17.5 Å². The number of aromatic hydroxyl groups is 1. The van der Waals surface area contributed by atoms with Crippen LogP contribution in [0.4, 0.5) is 0 Å². The summed E-state index contributed by atoms with van der Waals surface area (Å²) in [6, 6.07) is 11.0. The van der Waals surface area contributed by atoms with Crippen molar-refractivity contribution in [3.05, 3.63) is 69.8 Å². The molecule has 122 valence electrons. The van der Waals surface area contributed by atoms with Gasteiger partial charge in [-0.25, -0.2) is 4.68 Å². The summed E-state index contributed by atoms with van der Waals surface area (Å²) in [5, 5.41) is 17.1. The summed E-state index contributed by atoms with van der Waals surface area (Å²) in [5.41, 5.74) is 1.72. The summed E-state index contributed by atoms with van der Waals surface area (Å²) in [7, 11) is 0. The summed E-state index contributed by atoms with van der Waals surface area (Å²) in [6.07, 6.45) is 4.77. The molecule has 0 spiro atoms. The lowest BCUT2D eigenvalue weighted by molar-refractivity contribution is 0.0932. The van der Waals surface area contributed by atoms with Crippen molar-refractivity contribution in [1.29, 1.82) is 0 Å². The molecule has 1 atom stereocenters. The standard InChI is InChI=1S/C17H15IN4O2/c1-11(12-6-8-19-9-7-12)20-17(24)16-15(23)10-22(21-16)14-5-3-2-4-13(14)18/h2-11,23H,1H3,(H,20,24)/t11-/m0/s1. The third-order valence-corrected chi connectivity index (χ3v) is 4.48. The highest BCUT2D eigenvalue weighted by Gasteiger charge is 2.19. The molecule has 2 heterocycles. The Morgan fingerprint density at radius 2 is 1.96 bits per heavy atom. The maximum atomic E-state index is 12.4. The molecule has 0 aliphatic carbocycles. The third kappa shape index (κ3) is 3.40. The number of rotatable bonds is 4. The molecule has 0 saturated carbocycles. The summed E-state index contributed by atoms with van der Waals surface area (Å²) in [6.45, 7) is 1.86. The molecule has 2 aromatic heterocycles. The highest BCUT2D eigenvalue weighted by molar-refractivity contribution is 14.1. The lowest BCUT2D eigenvalue weighted by Crippen LogP contribution is -2.27. The SMILES string of the molecule is C[C@H](NC(=O)c1nn(-c2ccccc2I)cc1O)c1ccncc1. The molecule has 3 rings (SSSR count). The van der Waals surface area contributed by atoms with E-state index in [4.69, 9.17) is 0 Å². The largest absolute Gasteiger partial charge is 0.504 e. The van der Waals surface area contributed by atoms with E-state index in [0.29, 0.717) is 0 Å². The van der Waals surface area contributed by atoms with E-state index in [1.807, 2.05) is 43.3 Å². The van der Waals surface area contributed by atoms with Gasteiger partial charge in [-0.1, -0.05) is 12.1 Å². The first kappa shape index (κ1) is 16.4. The van der Waals surface area contributed by atoms with E-state index in [9.17, 15) is 9.90 Å². The van der Waals surface area contributed by atoms with Crippen LogP contribution < -0.4 is 5.32 Å². The Labute approximate surface area is 152 Å². The zero-order chi connectivity index (χ0) is 17.1. The Morgan fingerprint density at radius 3 is 2.67 bits per heavy atom. The van der Waals surface area contributed by atoms with Crippen LogP contribution in [0.15, 0.2) is 55.0 Å². The minimum atomic E-state index is -0.429. The number of halogens is 1. The van der Waals surface area contributed by atoms with Crippen LogP contribution in [-0.4, -0.2) is 25.8 Å². The number of pyridine rings is 1. The van der Waals surface area contributed by atoms with E-state index in [1.165, 1.54) is 10.9 Å². The Morgan fingerprint density at radius 1 is 1.25 bits per heavy atom. The molecule has 0 radical (unpaired) electrons. The first-order valence-corrected chi connectivity index (χ1v) is 8.38. The molecule has 7 heteroatoms. The molecule has 6 nitrogen and oxygen atoms in total. The minimum absolute atomic E-state index is 0.00411. The minimum Gasteiger partial charge on any atom is -0.504 e. The number of amides is 1. The van der Waals surface area contributed by atoms with Gasteiger partial charge in [0.2, 0.25) is 0 Å². The summed E-state index contributed by atoms with van der Waals surface area (Å²) >= 11 is 2.18. The van der Waals surface area contributed by atoms with Crippen LogP contribution in [0.1, 0.15) is 29.0 Å². The molecule has 0 unspecified atom stereocenters. The number of aromatic nitrogens is 3. The predicted octanol–water partition coefficient (Wildman–Crippen LogP) is 3.07. The van der Waals surface area contributed by atoms with Crippen molar-refractivity contribution in [2.45, 2.75) is 13.0 Å². The van der Waals surface area contributed by atoms with Gasteiger partial charge in [0.25, 0.3) is 5.91 Å². The molecule has 0 saturated heterocycles. The Bertz CT molecular complexity index is 864. The van der Waals surface area contributed by atoms with Crippen molar-refractivity contribution in [2.24, 2.45) is 0 Å². The van der Waals surface area contributed by atoms with Gasteiger partial charge in [0.1, 0.15) is 0 Å². The highest BCUT2D eigenvalue weighted by atomic mass is 127. The lowest BCUT2D eigenvalue weighted by Gasteiger charge is -2.13. The highest BCUT2D eigenvalue weighted by Crippen LogP contribution is 2.22. The van der Waals surface area contributed by atoms with Crippen LogP contribution in [0.3, 0.4) is 0 Å². The number of benzene rings is 1. The maximum absolute atomic E-state index is 12.4. The van der Waals surface area contributed by atoms with E-state index >= 15 is 0 Å². The molecule has 1 amide bonds. The first-order valence-electron chi connectivity index (χ1n) is 7.30. The third-order valence-electron chi connectivity index (χ3n) is 3.56. The van der Waals surface area contributed by atoms with Crippen LogP contribution in [0.2, 0.25) is 0 Å². The predicted molar refractivity (Wildman–Crippen MR) is 98.1 cm³/mol. The monoisotopic (exact) mass is 434 g/mol. The molecule has 2 N–H and O–H groups in total. The van der Waals surface area contributed by atoms with Gasteiger partial charge in [-0.05, 0) is 59.3 Å². The first-order chi connectivity index (χ1) is 11.6. The van der Waals surface area contributed by atoms with Crippen molar-refractivity contribution >= 4 is 28.5 Å². The zero-order valence-electron chi connectivity index (χ0n) is 12.8. The molecule has 0 fully saturated rings. The van der Waals surface area contributed by atoms with Crippen LogP contribution in [0.25, 0.3) is 5.69 Å². The van der Waals surface area contributed by atoms with Crippen molar-refractivity contribution < 1.29 is 9.90 Å². The number of hydrogen-bond acceptors (Lipinski definition) is 4. The molecule has 0 bridgehead atoms. The molecular formula is C17H15IN4O2. The number of hydrogen-bond donors (Lipinski definition) is 2. The van der Waals surface area contributed by atoms with Crippen LogP contribution in [0.5, 0.6) is 5.75 Å². The Hall–Kier alpha value is -2.42. The second-order valence-electron chi connectivity index (χ2n) is 5.23. The van der Waals surface area contributed by atoms with Gasteiger partial charge in [0.15, 0.2) is 11.4 Å². The molecule has 0 aliphatic heterocycles. The fourth-order valence-corrected chi connectivity index (χ4v) is 2.92. The molecule has 0 aliphatic rings. The fraction of sp³-hybridized carbons (Fsp3) is 0.118. The maximum Gasteiger partial charge on any atom is 0.276 e. The molecule has 3 aromatic rings. The smallest absolute Gasteiger partial charge is 0.276 e. The number of para-hydroxylation sites is 1.